The van der Waals surface area contributed by atoms with Gasteiger partial charge in [-0.1, -0.05) is 0 Å². The number of aryl methyl sites for hydroxylation is 1. The van der Waals surface area contributed by atoms with Crippen molar-refractivity contribution >= 4 is 21.4 Å². The van der Waals surface area contributed by atoms with Gasteiger partial charge in [0, 0.05) is 31.1 Å². The van der Waals surface area contributed by atoms with Crippen molar-refractivity contribution in [1.82, 2.24) is 14.5 Å². The van der Waals surface area contributed by atoms with Crippen LogP contribution in [0.2, 0.25) is 0 Å². The van der Waals surface area contributed by atoms with Gasteiger partial charge in [-0.05, 0) is 51.3 Å². The van der Waals surface area contributed by atoms with E-state index in [-0.39, 0.29) is 0 Å². The number of likely N-dealkylation sites (tertiary alicyclic amines) is 1. The fraction of sp³-hybridized carbons (Fsp3) is 0.714. The van der Waals surface area contributed by atoms with Crippen molar-refractivity contribution in [3.63, 3.8) is 0 Å². The predicted molar refractivity (Wildman–Crippen MR) is 87.3 cm³/mol. The second-order valence-corrected chi connectivity index (χ2v) is 8.71. The summed E-state index contributed by atoms with van der Waals surface area (Å²) in [6, 6.07) is 0.330. The van der Waals surface area contributed by atoms with Gasteiger partial charge in [0.2, 0.25) is 10.0 Å². The molecular formula is C14H25N3O2S2. The van der Waals surface area contributed by atoms with E-state index >= 15 is 0 Å². The van der Waals surface area contributed by atoms with E-state index in [1.807, 2.05) is 19.4 Å². The first-order valence-electron chi connectivity index (χ1n) is 7.26. The molecule has 2 heterocycles. The highest BCUT2D eigenvalue weighted by molar-refractivity contribution is 7.89. The minimum absolute atomic E-state index is 0.330. The van der Waals surface area contributed by atoms with E-state index in [2.05, 4.69) is 17.3 Å². The predicted octanol–water partition coefficient (Wildman–Crippen LogP) is 1.49. The van der Waals surface area contributed by atoms with Crippen LogP contribution in [-0.2, 0) is 16.6 Å². The lowest BCUT2D eigenvalue weighted by molar-refractivity contribution is 0.271. The molecule has 0 radical (unpaired) electrons. The van der Waals surface area contributed by atoms with E-state index in [0.717, 1.165) is 29.8 Å². The zero-order valence-electron chi connectivity index (χ0n) is 13.2. The SMILES string of the molecule is CNCc1scc(C)c1S(=O)(=O)N(C)CC1CCCN1C. The topological polar surface area (TPSA) is 52.7 Å². The molecule has 1 atom stereocenters. The molecule has 1 unspecified atom stereocenters. The van der Waals surface area contributed by atoms with Crippen LogP contribution in [0.3, 0.4) is 0 Å². The zero-order chi connectivity index (χ0) is 15.6. The van der Waals surface area contributed by atoms with Crippen molar-refractivity contribution in [3.05, 3.63) is 15.8 Å². The van der Waals surface area contributed by atoms with Crippen LogP contribution in [-0.4, -0.2) is 57.9 Å². The number of hydrogen-bond donors (Lipinski definition) is 1. The molecular weight excluding hydrogens is 306 g/mol. The van der Waals surface area contributed by atoms with E-state index in [1.165, 1.54) is 15.6 Å². The Morgan fingerprint density at radius 2 is 2.24 bits per heavy atom. The molecule has 1 fully saturated rings. The number of rotatable bonds is 6. The molecule has 0 amide bonds. The summed E-state index contributed by atoms with van der Waals surface area (Å²) in [6.07, 6.45) is 2.22. The molecule has 7 heteroatoms. The van der Waals surface area contributed by atoms with Crippen molar-refractivity contribution in [2.75, 3.05) is 34.2 Å². The molecule has 1 aromatic rings. The summed E-state index contributed by atoms with van der Waals surface area (Å²) in [5.41, 5.74) is 0.844. The number of hydrogen-bond acceptors (Lipinski definition) is 5. The summed E-state index contributed by atoms with van der Waals surface area (Å²) in [7, 11) is 2.19. The largest absolute Gasteiger partial charge is 0.315 e. The van der Waals surface area contributed by atoms with Crippen LogP contribution in [0.15, 0.2) is 10.3 Å². The lowest BCUT2D eigenvalue weighted by Crippen LogP contribution is -2.39. The van der Waals surface area contributed by atoms with Crippen LogP contribution >= 0.6 is 11.3 Å². The van der Waals surface area contributed by atoms with E-state index in [4.69, 9.17) is 0 Å². The lowest BCUT2D eigenvalue weighted by atomic mass is 10.2. The number of sulfonamides is 1. The molecule has 1 aliphatic heterocycles. The number of thiophene rings is 1. The Morgan fingerprint density at radius 1 is 1.52 bits per heavy atom. The van der Waals surface area contributed by atoms with Gasteiger partial charge in [-0.3, -0.25) is 0 Å². The smallest absolute Gasteiger partial charge is 0.244 e. The minimum atomic E-state index is -3.41. The van der Waals surface area contributed by atoms with Crippen molar-refractivity contribution in [3.8, 4) is 0 Å². The molecule has 0 aromatic carbocycles. The normalized spacial score (nSPS) is 20.5. The van der Waals surface area contributed by atoms with Crippen LogP contribution in [0.25, 0.3) is 0 Å². The maximum atomic E-state index is 12.9. The van der Waals surface area contributed by atoms with Gasteiger partial charge < -0.3 is 10.2 Å². The molecule has 0 bridgehead atoms. The molecule has 1 N–H and O–H groups in total. The average molecular weight is 332 g/mol. The van der Waals surface area contributed by atoms with Gasteiger partial charge in [0.15, 0.2) is 0 Å². The molecule has 21 heavy (non-hydrogen) atoms. The fourth-order valence-electron chi connectivity index (χ4n) is 2.88. The Hall–Kier alpha value is -0.470. The second-order valence-electron chi connectivity index (χ2n) is 5.76. The van der Waals surface area contributed by atoms with E-state index < -0.39 is 10.0 Å². The first-order chi connectivity index (χ1) is 9.87. The number of nitrogens with one attached hydrogen (secondary N) is 1. The molecule has 2 rings (SSSR count). The first-order valence-corrected chi connectivity index (χ1v) is 9.58. The fourth-order valence-corrected chi connectivity index (χ4v) is 5.85. The third-order valence-corrected chi connectivity index (χ3v) is 7.42. The van der Waals surface area contributed by atoms with Crippen LogP contribution in [0.1, 0.15) is 23.3 Å². The van der Waals surface area contributed by atoms with Gasteiger partial charge in [-0.15, -0.1) is 11.3 Å². The van der Waals surface area contributed by atoms with E-state index in [0.29, 0.717) is 24.0 Å². The van der Waals surface area contributed by atoms with Gasteiger partial charge in [-0.25, -0.2) is 8.42 Å². The molecule has 1 aliphatic rings. The Balaban J connectivity index is 2.22. The first kappa shape index (κ1) is 16.9. The molecule has 120 valence electrons. The highest BCUT2D eigenvalue weighted by atomic mass is 32.2. The Labute approximate surface area is 132 Å². The second kappa shape index (κ2) is 6.75. The third kappa shape index (κ3) is 3.48. The van der Waals surface area contributed by atoms with Crippen LogP contribution < -0.4 is 5.32 Å². The molecule has 0 spiro atoms. The summed E-state index contributed by atoms with van der Waals surface area (Å²) in [5, 5.41) is 4.97. The van der Waals surface area contributed by atoms with Gasteiger partial charge in [0.05, 0.1) is 0 Å². The monoisotopic (exact) mass is 331 g/mol. The van der Waals surface area contributed by atoms with Crippen molar-refractivity contribution in [2.24, 2.45) is 0 Å². The van der Waals surface area contributed by atoms with Crippen molar-refractivity contribution < 1.29 is 8.42 Å². The summed E-state index contributed by atoms with van der Waals surface area (Å²) in [6.45, 7) is 4.08. The van der Waals surface area contributed by atoms with Gasteiger partial charge in [0.25, 0.3) is 0 Å². The summed E-state index contributed by atoms with van der Waals surface area (Å²) < 4.78 is 27.3. The van der Waals surface area contributed by atoms with Crippen LogP contribution in [0, 0.1) is 6.92 Å². The van der Waals surface area contributed by atoms with Crippen LogP contribution in [0.5, 0.6) is 0 Å². The highest BCUT2D eigenvalue weighted by Crippen LogP contribution is 2.29. The van der Waals surface area contributed by atoms with Gasteiger partial charge in [0.1, 0.15) is 4.90 Å². The average Bonchev–Trinajstić information content (AvgIpc) is 2.97. The maximum absolute atomic E-state index is 12.9. The Bertz CT molecular complexity index is 583. The summed E-state index contributed by atoms with van der Waals surface area (Å²) in [4.78, 5) is 3.63. The number of likely N-dealkylation sites (N-methyl/N-ethyl adjacent to an activating group) is 2. The minimum Gasteiger partial charge on any atom is -0.315 e. The summed E-state index contributed by atoms with van der Waals surface area (Å²) >= 11 is 1.51. The highest BCUT2D eigenvalue weighted by Gasteiger charge is 2.31. The lowest BCUT2D eigenvalue weighted by Gasteiger charge is -2.25. The van der Waals surface area contributed by atoms with Crippen molar-refractivity contribution in [1.29, 1.82) is 0 Å². The molecule has 0 aliphatic carbocycles. The Morgan fingerprint density at radius 3 is 2.81 bits per heavy atom. The van der Waals surface area contributed by atoms with Gasteiger partial charge >= 0.3 is 0 Å². The van der Waals surface area contributed by atoms with Crippen LogP contribution in [0.4, 0.5) is 0 Å². The van der Waals surface area contributed by atoms with E-state index in [1.54, 1.807) is 7.05 Å². The maximum Gasteiger partial charge on any atom is 0.244 e. The van der Waals surface area contributed by atoms with E-state index in [9.17, 15) is 8.42 Å². The summed E-state index contributed by atoms with van der Waals surface area (Å²) in [5.74, 6) is 0. The van der Waals surface area contributed by atoms with Crippen molar-refractivity contribution in [2.45, 2.75) is 37.2 Å². The third-order valence-electron chi connectivity index (χ3n) is 4.13. The zero-order valence-corrected chi connectivity index (χ0v) is 14.9. The quantitative estimate of drug-likeness (QED) is 0.858. The molecule has 1 saturated heterocycles. The Kier molecular flexibility index (Phi) is 5.43. The standard InChI is InChI=1S/C14H25N3O2S2/c1-11-10-20-13(8-15-2)14(11)21(18,19)17(4)9-12-6-5-7-16(12)3/h10,12,15H,5-9H2,1-4H3. The molecule has 0 saturated carbocycles. The number of nitrogens with zero attached hydrogens (tertiary/aromatic N) is 2. The molecule has 1 aromatic heterocycles. The molecule has 5 nitrogen and oxygen atoms in total. The van der Waals surface area contributed by atoms with Gasteiger partial charge in [-0.2, -0.15) is 4.31 Å².